The average Bonchev–Trinajstić information content (AvgIpc) is 2.27. The van der Waals surface area contributed by atoms with Gasteiger partial charge in [-0.15, -0.1) is 11.8 Å². The highest BCUT2D eigenvalue weighted by molar-refractivity contribution is 9.10. The Balaban J connectivity index is 2.53. The van der Waals surface area contributed by atoms with Crippen LogP contribution >= 0.6 is 27.7 Å². The molecule has 0 fully saturated rings. The van der Waals surface area contributed by atoms with Crippen LogP contribution in [0.15, 0.2) is 33.8 Å². The van der Waals surface area contributed by atoms with Crippen LogP contribution in [0.4, 0.5) is 5.69 Å². The van der Waals surface area contributed by atoms with Crippen molar-refractivity contribution in [1.82, 2.24) is 4.98 Å². The number of fused-ring (bicyclic) bond motifs is 1. The van der Waals surface area contributed by atoms with Gasteiger partial charge in [-0.2, -0.15) is 0 Å². The van der Waals surface area contributed by atoms with E-state index in [1.54, 1.807) is 6.20 Å². The van der Waals surface area contributed by atoms with Crippen molar-refractivity contribution in [2.75, 3.05) is 11.5 Å². The lowest BCUT2D eigenvalue weighted by molar-refractivity contribution is -0.115. The topological polar surface area (TPSA) is 82.0 Å². The molecule has 0 aliphatic heterocycles. The number of hydrogen-bond donors (Lipinski definition) is 2. The van der Waals surface area contributed by atoms with Crippen molar-refractivity contribution in [3.8, 4) is 0 Å². The molecule has 1 heterocycles. The van der Waals surface area contributed by atoms with E-state index in [0.717, 1.165) is 20.3 Å². The van der Waals surface area contributed by atoms with E-state index >= 15 is 0 Å². The fraction of sp³-hybridized carbons (Fsp3) is 0.0909. The lowest BCUT2D eigenvalue weighted by atomic mass is 10.2. The molecule has 0 bridgehead atoms. The van der Waals surface area contributed by atoms with Gasteiger partial charge < -0.3 is 11.5 Å². The van der Waals surface area contributed by atoms with E-state index in [0.29, 0.717) is 5.69 Å². The predicted octanol–water partition coefficient (Wildman–Crippen LogP) is 2.16. The number of amides is 1. The van der Waals surface area contributed by atoms with Gasteiger partial charge in [0.15, 0.2) is 0 Å². The van der Waals surface area contributed by atoms with Crippen LogP contribution in [0.5, 0.6) is 0 Å². The number of nitrogens with two attached hydrogens (primary N) is 2. The van der Waals surface area contributed by atoms with Gasteiger partial charge in [-0.25, -0.2) is 0 Å². The van der Waals surface area contributed by atoms with Gasteiger partial charge in [-0.3, -0.25) is 9.78 Å². The van der Waals surface area contributed by atoms with E-state index in [4.69, 9.17) is 11.5 Å². The molecular weight excluding hydrogens is 302 g/mol. The van der Waals surface area contributed by atoms with Crippen molar-refractivity contribution in [1.29, 1.82) is 0 Å². The second-order valence-corrected chi connectivity index (χ2v) is 5.36. The number of pyridine rings is 1. The molecular formula is C11H10BrN3OS. The van der Waals surface area contributed by atoms with Gasteiger partial charge in [0.25, 0.3) is 0 Å². The number of anilines is 1. The average molecular weight is 312 g/mol. The van der Waals surface area contributed by atoms with Gasteiger partial charge in [0.1, 0.15) is 0 Å². The first kappa shape index (κ1) is 12.2. The first-order valence-corrected chi connectivity index (χ1v) is 6.60. The quantitative estimate of drug-likeness (QED) is 0.851. The number of carbonyl (C=O) groups is 1. The van der Waals surface area contributed by atoms with Crippen LogP contribution in [0.1, 0.15) is 0 Å². The van der Waals surface area contributed by atoms with E-state index in [9.17, 15) is 4.79 Å². The molecule has 0 spiro atoms. The van der Waals surface area contributed by atoms with Gasteiger partial charge in [-0.05, 0) is 18.2 Å². The molecule has 0 unspecified atom stereocenters. The summed E-state index contributed by atoms with van der Waals surface area (Å²) in [5.74, 6) is -0.162. The standard InChI is InChI=1S/C11H10BrN3OS/c12-6-1-2-9-7(3-6)11(8(13)4-15-9)17-5-10(14)16/h1-4H,5,13H2,(H2,14,16). The van der Waals surface area contributed by atoms with Crippen LogP contribution < -0.4 is 11.5 Å². The third-order valence-electron chi connectivity index (χ3n) is 2.17. The fourth-order valence-electron chi connectivity index (χ4n) is 1.46. The smallest absolute Gasteiger partial charge is 0.227 e. The molecule has 2 rings (SSSR count). The highest BCUT2D eigenvalue weighted by atomic mass is 79.9. The number of nitrogen functional groups attached to an aromatic ring is 1. The van der Waals surface area contributed by atoms with Crippen molar-refractivity contribution in [3.63, 3.8) is 0 Å². The minimum Gasteiger partial charge on any atom is -0.397 e. The maximum Gasteiger partial charge on any atom is 0.227 e. The van der Waals surface area contributed by atoms with Crippen molar-refractivity contribution in [3.05, 3.63) is 28.9 Å². The van der Waals surface area contributed by atoms with Crippen LogP contribution in [-0.4, -0.2) is 16.6 Å². The number of aromatic nitrogens is 1. The molecule has 4 N–H and O–H groups in total. The molecule has 0 aliphatic rings. The summed E-state index contributed by atoms with van der Waals surface area (Å²) in [6, 6.07) is 5.74. The Bertz CT molecular complexity index is 583. The van der Waals surface area contributed by atoms with Crippen molar-refractivity contribution >= 4 is 50.2 Å². The molecule has 0 atom stereocenters. The second kappa shape index (κ2) is 4.93. The lowest BCUT2D eigenvalue weighted by Crippen LogP contribution is -2.13. The maximum absolute atomic E-state index is 10.8. The molecule has 17 heavy (non-hydrogen) atoms. The zero-order valence-corrected chi connectivity index (χ0v) is 11.2. The third-order valence-corrected chi connectivity index (χ3v) is 3.83. The maximum atomic E-state index is 10.8. The summed E-state index contributed by atoms with van der Waals surface area (Å²) < 4.78 is 0.943. The lowest BCUT2D eigenvalue weighted by Gasteiger charge is -2.08. The Kier molecular flexibility index (Phi) is 3.54. The van der Waals surface area contributed by atoms with Crippen LogP contribution in [0.25, 0.3) is 10.9 Å². The van der Waals surface area contributed by atoms with Crippen LogP contribution in [0, 0.1) is 0 Å². The monoisotopic (exact) mass is 311 g/mol. The summed E-state index contributed by atoms with van der Waals surface area (Å²) in [4.78, 5) is 15.9. The Morgan fingerprint density at radius 2 is 2.24 bits per heavy atom. The highest BCUT2D eigenvalue weighted by Crippen LogP contribution is 2.33. The summed E-state index contributed by atoms with van der Waals surface area (Å²) in [6.07, 6.45) is 1.60. The van der Waals surface area contributed by atoms with Crippen LogP contribution in [0.3, 0.4) is 0 Å². The van der Waals surface area contributed by atoms with Gasteiger partial charge in [0, 0.05) is 14.8 Å². The van der Waals surface area contributed by atoms with E-state index < -0.39 is 0 Å². The number of benzene rings is 1. The normalized spacial score (nSPS) is 10.6. The van der Waals surface area contributed by atoms with E-state index in [1.165, 1.54) is 11.8 Å². The molecule has 4 nitrogen and oxygen atoms in total. The van der Waals surface area contributed by atoms with E-state index in [1.807, 2.05) is 18.2 Å². The third kappa shape index (κ3) is 2.70. The first-order valence-electron chi connectivity index (χ1n) is 4.83. The summed E-state index contributed by atoms with van der Waals surface area (Å²) in [6.45, 7) is 0. The summed E-state index contributed by atoms with van der Waals surface area (Å²) in [5.41, 5.74) is 12.4. The minimum atomic E-state index is -0.366. The molecule has 0 saturated heterocycles. The zero-order valence-electron chi connectivity index (χ0n) is 8.81. The van der Waals surface area contributed by atoms with E-state index in [-0.39, 0.29) is 11.7 Å². The zero-order chi connectivity index (χ0) is 12.4. The van der Waals surface area contributed by atoms with Crippen LogP contribution in [0.2, 0.25) is 0 Å². The van der Waals surface area contributed by atoms with Gasteiger partial charge in [0.05, 0.1) is 23.2 Å². The predicted molar refractivity (Wildman–Crippen MR) is 73.8 cm³/mol. The molecule has 6 heteroatoms. The number of nitrogens with zero attached hydrogens (tertiary/aromatic N) is 1. The molecule has 2 aromatic rings. The summed E-state index contributed by atoms with van der Waals surface area (Å²) in [5, 5.41) is 0.922. The molecule has 88 valence electrons. The SMILES string of the molecule is NC(=O)CSc1c(N)cnc2ccc(Br)cc12. The molecule has 1 aromatic carbocycles. The first-order chi connectivity index (χ1) is 8.08. The van der Waals surface area contributed by atoms with Crippen LogP contribution in [-0.2, 0) is 4.79 Å². The van der Waals surface area contributed by atoms with E-state index in [2.05, 4.69) is 20.9 Å². The molecule has 0 aliphatic carbocycles. The Morgan fingerprint density at radius 3 is 2.94 bits per heavy atom. The van der Waals surface area contributed by atoms with Gasteiger partial charge in [-0.1, -0.05) is 15.9 Å². The van der Waals surface area contributed by atoms with Crippen molar-refractivity contribution in [2.45, 2.75) is 4.90 Å². The number of halogens is 1. The van der Waals surface area contributed by atoms with Crippen molar-refractivity contribution < 1.29 is 4.79 Å². The van der Waals surface area contributed by atoms with Gasteiger partial charge >= 0.3 is 0 Å². The van der Waals surface area contributed by atoms with Crippen molar-refractivity contribution in [2.24, 2.45) is 5.73 Å². The molecule has 0 radical (unpaired) electrons. The number of carbonyl (C=O) groups excluding carboxylic acids is 1. The Hall–Kier alpha value is -1.27. The molecule has 0 saturated carbocycles. The molecule has 1 aromatic heterocycles. The number of rotatable bonds is 3. The number of thioether (sulfide) groups is 1. The number of primary amides is 1. The highest BCUT2D eigenvalue weighted by Gasteiger charge is 2.09. The summed E-state index contributed by atoms with van der Waals surface area (Å²) in [7, 11) is 0. The number of hydrogen-bond acceptors (Lipinski definition) is 4. The Morgan fingerprint density at radius 1 is 1.47 bits per heavy atom. The minimum absolute atomic E-state index is 0.204. The van der Waals surface area contributed by atoms with Gasteiger partial charge in [0.2, 0.25) is 5.91 Å². The fourth-order valence-corrected chi connectivity index (χ4v) is 2.65. The Labute approximate surface area is 111 Å². The summed E-state index contributed by atoms with van der Waals surface area (Å²) >= 11 is 4.73. The molecule has 1 amide bonds. The second-order valence-electron chi connectivity index (χ2n) is 3.46. The largest absolute Gasteiger partial charge is 0.397 e.